The maximum Gasteiger partial charge on any atom is 0.306 e. The summed E-state index contributed by atoms with van der Waals surface area (Å²) in [5, 5.41) is 0. The van der Waals surface area contributed by atoms with E-state index in [0.717, 1.165) is 77.0 Å². The smallest absolute Gasteiger partial charge is 0.306 e. The van der Waals surface area contributed by atoms with Gasteiger partial charge in [0.05, 0.1) is 0 Å². The summed E-state index contributed by atoms with van der Waals surface area (Å²) in [6, 6.07) is 0. The van der Waals surface area contributed by atoms with Crippen LogP contribution >= 0.6 is 0 Å². The Morgan fingerprint density at radius 1 is 0.260 bits per heavy atom. The van der Waals surface area contributed by atoms with Crippen molar-refractivity contribution in [3.63, 3.8) is 0 Å². The van der Waals surface area contributed by atoms with Crippen molar-refractivity contribution in [1.29, 1.82) is 0 Å². The number of hydrogen-bond acceptors (Lipinski definition) is 6. The molecule has 0 heterocycles. The van der Waals surface area contributed by atoms with Gasteiger partial charge in [-0.25, -0.2) is 0 Å². The average Bonchev–Trinajstić information content (AvgIpc) is 3.43. The first kappa shape index (κ1) is 74.9. The van der Waals surface area contributed by atoms with Crippen LogP contribution in [0.1, 0.15) is 393 Å². The molecule has 0 radical (unpaired) electrons. The van der Waals surface area contributed by atoms with Gasteiger partial charge in [-0.05, 0) is 51.4 Å². The first-order valence-corrected chi connectivity index (χ1v) is 34.8. The molecule has 0 fully saturated rings. The number of esters is 3. The van der Waals surface area contributed by atoms with Gasteiger partial charge < -0.3 is 14.2 Å². The van der Waals surface area contributed by atoms with Gasteiger partial charge in [0, 0.05) is 19.3 Å². The molecule has 77 heavy (non-hydrogen) atoms. The fourth-order valence-electron chi connectivity index (χ4n) is 10.7. The van der Waals surface area contributed by atoms with E-state index in [0.29, 0.717) is 19.3 Å². The third-order valence-electron chi connectivity index (χ3n) is 16.0. The molecular weight excluding hydrogens is 949 g/mol. The predicted molar refractivity (Wildman–Crippen MR) is 335 cm³/mol. The molecule has 0 aromatic carbocycles. The molecule has 0 aliphatic rings. The van der Waals surface area contributed by atoms with Crippen molar-refractivity contribution in [2.24, 2.45) is 0 Å². The lowest BCUT2D eigenvalue weighted by molar-refractivity contribution is -0.167. The van der Waals surface area contributed by atoms with E-state index in [-0.39, 0.29) is 31.1 Å². The van der Waals surface area contributed by atoms with Crippen LogP contribution in [0.4, 0.5) is 0 Å². The molecule has 0 aromatic rings. The lowest BCUT2D eigenvalue weighted by Gasteiger charge is -2.18. The summed E-state index contributed by atoms with van der Waals surface area (Å²) >= 11 is 0. The second kappa shape index (κ2) is 66.4. The number of allylic oxidation sites excluding steroid dienone is 4. The van der Waals surface area contributed by atoms with Crippen LogP contribution in [0.2, 0.25) is 0 Å². The molecule has 6 heteroatoms. The monoisotopic (exact) mass is 1080 g/mol. The molecule has 0 N–H and O–H groups in total. The van der Waals surface area contributed by atoms with Gasteiger partial charge in [0.25, 0.3) is 0 Å². The molecule has 0 spiro atoms. The number of hydrogen-bond donors (Lipinski definition) is 0. The Hall–Kier alpha value is -2.11. The second-order valence-electron chi connectivity index (χ2n) is 23.8. The maximum atomic E-state index is 12.9. The van der Waals surface area contributed by atoms with Crippen molar-refractivity contribution in [1.82, 2.24) is 0 Å². The van der Waals surface area contributed by atoms with E-state index >= 15 is 0 Å². The summed E-state index contributed by atoms with van der Waals surface area (Å²) in [6.45, 7) is 6.68. The zero-order valence-corrected chi connectivity index (χ0v) is 52.3. The SMILES string of the molecule is CCCCCC/C=C\C/C=C\CCCCCCCC(=O)OC(COC(=O)CCCCCCCCCCCCCC)COC(=O)CCCCCCCCCCCCCCCCCCCCCCCCCCCCCCCCC. The van der Waals surface area contributed by atoms with Crippen molar-refractivity contribution in [2.45, 2.75) is 399 Å². The van der Waals surface area contributed by atoms with Crippen molar-refractivity contribution in [3.05, 3.63) is 24.3 Å². The highest BCUT2D eigenvalue weighted by molar-refractivity contribution is 5.71. The molecule has 0 saturated heterocycles. The Kier molecular flexibility index (Phi) is 64.6. The fraction of sp³-hybridized carbons (Fsp3) is 0.901. The molecule has 0 bridgehead atoms. The van der Waals surface area contributed by atoms with Gasteiger partial charge in [-0.1, -0.05) is 347 Å². The number of unbranched alkanes of at least 4 members (excludes halogenated alkanes) is 50. The van der Waals surface area contributed by atoms with Crippen LogP contribution in [0.15, 0.2) is 24.3 Å². The molecule has 0 saturated carbocycles. The highest BCUT2D eigenvalue weighted by Crippen LogP contribution is 2.19. The molecule has 454 valence electrons. The van der Waals surface area contributed by atoms with Gasteiger partial charge in [0.2, 0.25) is 0 Å². The molecule has 1 atom stereocenters. The third kappa shape index (κ3) is 64.6. The zero-order valence-electron chi connectivity index (χ0n) is 52.3. The van der Waals surface area contributed by atoms with Gasteiger partial charge in [-0.15, -0.1) is 0 Å². The molecule has 0 aliphatic carbocycles. The molecule has 0 aromatic heterocycles. The van der Waals surface area contributed by atoms with Crippen molar-refractivity contribution in [3.8, 4) is 0 Å². The van der Waals surface area contributed by atoms with Crippen LogP contribution in [-0.2, 0) is 28.6 Å². The van der Waals surface area contributed by atoms with E-state index in [1.807, 2.05) is 0 Å². The summed E-state index contributed by atoms with van der Waals surface area (Å²) in [5.74, 6) is -0.858. The molecule has 0 aliphatic heterocycles. The van der Waals surface area contributed by atoms with Crippen molar-refractivity contribution in [2.75, 3.05) is 13.2 Å². The Morgan fingerprint density at radius 2 is 0.468 bits per heavy atom. The van der Waals surface area contributed by atoms with Gasteiger partial charge in [-0.3, -0.25) is 14.4 Å². The highest BCUT2D eigenvalue weighted by Gasteiger charge is 2.19. The summed E-state index contributed by atoms with van der Waals surface area (Å²) in [7, 11) is 0. The second-order valence-corrected chi connectivity index (χ2v) is 23.8. The van der Waals surface area contributed by atoms with Crippen LogP contribution in [0.5, 0.6) is 0 Å². The van der Waals surface area contributed by atoms with E-state index in [9.17, 15) is 14.4 Å². The number of carbonyl (C=O) groups is 3. The first-order chi connectivity index (χ1) is 38.0. The fourth-order valence-corrected chi connectivity index (χ4v) is 10.7. The van der Waals surface area contributed by atoms with Crippen LogP contribution in [-0.4, -0.2) is 37.2 Å². The predicted octanol–water partition coefficient (Wildman–Crippen LogP) is 23.8. The summed E-state index contributed by atoms with van der Waals surface area (Å²) in [4.78, 5) is 38.3. The topological polar surface area (TPSA) is 78.9 Å². The summed E-state index contributed by atoms with van der Waals surface area (Å²) < 4.78 is 16.9. The minimum Gasteiger partial charge on any atom is -0.462 e. The molecule has 0 amide bonds. The lowest BCUT2D eigenvalue weighted by Crippen LogP contribution is -2.30. The van der Waals surface area contributed by atoms with E-state index in [4.69, 9.17) is 14.2 Å². The third-order valence-corrected chi connectivity index (χ3v) is 16.0. The molecular formula is C71H134O6. The van der Waals surface area contributed by atoms with Crippen LogP contribution in [0.25, 0.3) is 0 Å². The van der Waals surface area contributed by atoms with Gasteiger partial charge >= 0.3 is 17.9 Å². The standard InChI is InChI=1S/C71H134O6/c1-4-7-10-13-16-19-22-25-27-29-30-31-32-33-34-35-36-37-38-39-40-41-42-43-45-46-49-52-55-58-61-64-70(73)76-67-68(66-75-69(72)63-60-57-54-51-48-24-21-18-15-12-9-6-3)77-71(74)65-62-59-56-53-50-47-44-28-26-23-20-17-14-11-8-5-2/h20,23,28,44,68H,4-19,21-22,24-27,29-43,45-67H2,1-3H3/b23-20-,44-28-. The average molecular weight is 1080 g/mol. The van der Waals surface area contributed by atoms with E-state index in [1.165, 1.54) is 276 Å². The zero-order chi connectivity index (χ0) is 55.7. The number of carbonyl (C=O) groups excluding carboxylic acids is 3. The van der Waals surface area contributed by atoms with E-state index in [2.05, 4.69) is 45.1 Å². The lowest BCUT2D eigenvalue weighted by atomic mass is 10.0. The van der Waals surface area contributed by atoms with Crippen molar-refractivity contribution >= 4 is 17.9 Å². The largest absolute Gasteiger partial charge is 0.462 e. The highest BCUT2D eigenvalue weighted by atomic mass is 16.6. The van der Waals surface area contributed by atoms with Crippen LogP contribution in [0, 0.1) is 0 Å². The first-order valence-electron chi connectivity index (χ1n) is 34.8. The van der Waals surface area contributed by atoms with E-state index < -0.39 is 6.10 Å². The van der Waals surface area contributed by atoms with Gasteiger partial charge in [0.1, 0.15) is 13.2 Å². The minimum atomic E-state index is -0.775. The molecule has 6 nitrogen and oxygen atoms in total. The van der Waals surface area contributed by atoms with Gasteiger partial charge in [0.15, 0.2) is 6.10 Å². The van der Waals surface area contributed by atoms with Crippen LogP contribution < -0.4 is 0 Å². The Balaban J connectivity index is 4.10. The Labute approximate surface area is 481 Å². The maximum absolute atomic E-state index is 12.9. The number of ether oxygens (including phenoxy) is 3. The minimum absolute atomic E-state index is 0.0711. The Bertz CT molecular complexity index is 1240. The summed E-state index contributed by atoms with van der Waals surface area (Å²) in [6.07, 6.45) is 80.8. The van der Waals surface area contributed by atoms with Crippen LogP contribution in [0.3, 0.4) is 0 Å². The summed E-state index contributed by atoms with van der Waals surface area (Å²) in [5.41, 5.74) is 0. The molecule has 0 rings (SSSR count). The van der Waals surface area contributed by atoms with Crippen molar-refractivity contribution < 1.29 is 28.6 Å². The normalized spacial score (nSPS) is 12.1. The van der Waals surface area contributed by atoms with Gasteiger partial charge in [-0.2, -0.15) is 0 Å². The quantitative estimate of drug-likeness (QED) is 0.0261. The molecule has 1 unspecified atom stereocenters. The van der Waals surface area contributed by atoms with E-state index in [1.54, 1.807) is 0 Å². The Morgan fingerprint density at radius 3 is 0.727 bits per heavy atom. The number of rotatable bonds is 65.